The van der Waals surface area contributed by atoms with Gasteiger partial charge in [-0.3, -0.25) is 4.79 Å². The molecule has 1 unspecified atom stereocenters. The van der Waals surface area contributed by atoms with Gasteiger partial charge >= 0.3 is 0 Å². The van der Waals surface area contributed by atoms with Crippen molar-refractivity contribution in [3.05, 3.63) is 23.8 Å². The Balaban J connectivity index is 2.91. The minimum absolute atomic E-state index is 0.0578. The summed E-state index contributed by atoms with van der Waals surface area (Å²) in [6.07, 6.45) is 1.38. The molecule has 4 nitrogen and oxygen atoms in total. The van der Waals surface area contributed by atoms with Gasteiger partial charge in [-0.1, -0.05) is 19.9 Å². The summed E-state index contributed by atoms with van der Waals surface area (Å²) in [4.78, 5) is 11.9. The van der Waals surface area contributed by atoms with E-state index in [1.54, 1.807) is 19.1 Å². The maximum atomic E-state index is 11.9. The highest BCUT2D eigenvalue weighted by atomic mass is 16.3. The van der Waals surface area contributed by atoms with Crippen LogP contribution in [0.3, 0.4) is 0 Å². The van der Waals surface area contributed by atoms with Gasteiger partial charge in [-0.15, -0.1) is 0 Å². The summed E-state index contributed by atoms with van der Waals surface area (Å²) >= 11 is 0. The van der Waals surface area contributed by atoms with Crippen LogP contribution < -0.4 is 11.1 Å². The molecule has 0 saturated carbocycles. The number of carbonyl (C=O) groups excluding carboxylic acids is 1. The van der Waals surface area contributed by atoms with Gasteiger partial charge in [-0.05, 0) is 37.5 Å². The number of phenols is 1. The fourth-order valence-corrected chi connectivity index (χ4v) is 1.33. The van der Waals surface area contributed by atoms with Crippen molar-refractivity contribution < 1.29 is 9.90 Å². The normalized spacial score (nSPS) is 14.1. The van der Waals surface area contributed by atoms with Crippen LogP contribution in [0.1, 0.15) is 32.8 Å². The molecule has 17 heavy (non-hydrogen) atoms. The number of amides is 1. The second-order valence-corrected chi connectivity index (χ2v) is 4.43. The molecule has 0 aliphatic carbocycles. The van der Waals surface area contributed by atoms with Crippen LogP contribution in [-0.4, -0.2) is 16.6 Å². The second kappa shape index (κ2) is 5.19. The molecule has 0 saturated heterocycles. The molecule has 0 radical (unpaired) electrons. The molecule has 0 aliphatic rings. The summed E-state index contributed by atoms with van der Waals surface area (Å²) < 4.78 is 0. The number of carbonyl (C=O) groups is 1. The van der Waals surface area contributed by atoms with E-state index in [0.717, 1.165) is 12.0 Å². The highest BCUT2D eigenvalue weighted by Crippen LogP contribution is 2.25. The van der Waals surface area contributed by atoms with Gasteiger partial charge < -0.3 is 16.2 Å². The summed E-state index contributed by atoms with van der Waals surface area (Å²) in [5, 5.41) is 12.3. The second-order valence-electron chi connectivity index (χ2n) is 4.43. The zero-order valence-electron chi connectivity index (χ0n) is 10.6. The van der Waals surface area contributed by atoms with E-state index in [1.807, 2.05) is 19.9 Å². The van der Waals surface area contributed by atoms with E-state index in [4.69, 9.17) is 5.73 Å². The molecule has 0 aliphatic heterocycles. The zero-order chi connectivity index (χ0) is 13.1. The number of aryl methyl sites for hydroxylation is 1. The highest BCUT2D eigenvalue weighted by molar-refractivity contribution is 5.98. The highest BCUT2D eigenvalue weighted by Gasteiger charge is 2.26. The third-order valence-corrected chi connectivity index (χ3v) is 2.97. The number of aromatic hydroxyl groups is 1. The summed E-state index contributed by atoms with van der Waals surface area (Å²) in [6.45, 7) is 5.53. The topological polar surface area (TPSA) is 75.3 Å². The zero-order valence-corrected chi connectivity index (χ0v) is 10.6. The largest absolute Gasteiger partial charge is 0.506 e. The van der Waals surface area contributed by atoms with Crippen molar-refractivity contribution in [2.75, 3.05) is 5.32 Å². The van der Waals surface area contributed by atoms with Crippen molar-refractivity contribution >= 4 is 11.6 Å². The average Bonchev–Trinajstić information content (AvgIpc) is 2.31. The molecule has 1 aromatic carbocycles. The number of nitrogens with one attached hydrogen (secondary N) is 1. The number of rotatable bonds is 4. The van der Waals surface area contributed by atoms with Gasteiger partial charge in [0.05, 0.1) is 11.2 Å². The molecular weight excluding hydrogens is 216 g/mol. The van der Waals surface area contributed by atoms with Crippen LogP contribution in [0.5, 0.6) is 5.75 Å². The first-order valence-corrected chi connectivity index (χ1v) is 5.83. The summed E-state index contributed by atoms with van der Waals surface area (Å²) in [5.41, 5.74) is 6.38. The van der Waals surface area contributed by atoms with E-state index < -0.39 is 5.54 Å². The van der Waals surface area contributed by atoms with Gasteiger partial charge in [0, 0.05) is 0 Å². The predicted molar refractivity (Wildman–Crippen MR) is 69.0 cm³/mol. The van der Waals surface area contributed by atoms with Crippen LogP contribution in [0, 0.1) is 0 Å². The number of hydrogen-bond donors (Lipinski definition) is 3. The molecule has 0 fully saturated rings. The standard InChI is InChI=1S/C13H20N2O2/c1-4-9-6-7-11(16)10(8-9)15-12(17)13(3,14)5-2/h6-8,16H,4-5,14H2,1-3H3,(H,15,17). The van der Waals surface area contributed by atoms with Crippen LogP contribution in [-0.2, 0) is 11.2 Å². The molecule has 1 amide bonds. The monoisotopic (exact) mass is 236 g/mol. The summed E-state index contributed by atoms with van der Waals surface area (Å²) in [7, 11) is 0. The minimum Gasteiger partial charge on any atom is -0.506 e. The van der Waals surface area contributed by atoms with Crippen molar-refractivity contribution in [3.63, 3.8) is 0 Å². The van der Waals surface area contributed by atoms with Crippen molar-refractivity contribution in [1.82, 2.24) is 0 Å². The molecule has 1 aromatic rings. The predicted octanol–water partition coefficient (Wildman–Crippen LogP) is 2.02. The number of phenolic OH excluding ortho intramolecular Hbond substituents is 1. The molecule has 94 valence electrons. The van der Waals surface area contributed by atoms with Gasteiger partial charge in [0.15, 0.2) is 0 Å². The molecule has 0 aromatic heterocycles. The van der Waals surface area contributed by atoms with Gasteiger partial charge in [-0.25, -0.2) is 0 Å². The Morgan fingerprint density at radius 2 is 2.12 bits per heavy atom. The summed E-state index contributed by atoms with van der Waals surface area (Å²) in [5.74, 6) is -0.231. The Hall–Kier alpha value is -1.55. The molecule has 0 bridgehead atoms. The van der Waals surface area contributed by atoms with Crippen LogP contribution in [0.2, 0.25) is 0 Å². The SMILES string of the molecule is CCc1ccc(O)c(NC(=O)C(C)(N)CC)c1. The smallest absolute Gasteiger partial charge is 0.244 e. The summed E-state index contributed by atoms with van der Waals surface area (Å²) in [6, 6.07) is 5.17. The molecule has 1 atom stereocenters. The Labute approximate surface area is 102 Å². The van der Waals surface area contributed by atoms with Crippen LogP contribution in [0.4, 0.5) is 5.69 Å². The molecule has 4 heteroatoms. The van der Waals surface area contributed by atoms with E-state index in [1.165, 1.54) is 0 Å². The lowest BCUT2D eigenvalue weighted by Gasteiger charge is -2.22. The fourth-order valence-electron chi connectivity index (χ4n) is 1.33. The Morgan fingerprint density at radius 3 is 2.65 bits per heavy atom. The van der Waals surface area contributed by atoms with E-state index >= 15 is 0 Å². The van der Waals surface area contributed by atoms with Gasteiger partial charge in [0.25, 0.3) is 0 Å². The average molecular weight is 236 g/mol. The van der Waals surface area contributed by atoms with Crippen molar-refractivity contribution in [2.45, 2.75) is 39.2 Å². The lowest BCUT2D eigenvalue weighted by molar-refractivity contribution is -0.120. The third kappa shape index (κ3) is 3.20. The first-order valence-electron chi connectivity index (χ1n) is 5.83. The van der Waals surface area contributed by atoms with E-state index in [0.29, 0.717) is 12.1 Å². The molecule has 0 spiro atoms. The van der Waals surface area contributed by atoms with Crippen molar-refractivity contribution in [3.8, 4) is 5.75 Å². The minimum atomic E-state index is -0.922. The van der Waals surface area contributed by atoms with E-state index in [9.17, 15) is 9.90 Å². The number of hydrogen-bond acceptors (Lipinski definition) is 3. The lowest BCUT2D eigenvalue weighted by Crippen LogP contribution is -2.47. The van der Waals surface area contributed by atoms with Gasteiger partial charge in [0.2, 0.25) is 5.91 Å². The Morgan fingerprint density at radius 1 is 1.47 bits per heavy atom. The number of benzene rings is 1. The lowest BCUT2D eigenvalue weighted by atomic mass is 9.99. The molecular formula is C13H20N2O2. The quantitative estimate of drug-likeness (QED) is 0.700. The fraction of sp³-hybridized carbons (Fsp3) is 0.462. The molecule has 0 heterocycles. The maximum absolute atomic E-state index is 11.9. The van der Waals surface area contributed by atoms with E-state index in [2.05, 4.69) is 5.32 Å². The number of anilines is 1. The first-order chi connectivity index (χ1) is 7.90. The van der Waals surface area contributed by atoms with Crippen LogP contribution in [0.25, 0.3) is 0 Å². The Bertz CT molecular complexity index is 414. The molecule has 1 rings (SSSR count). The Kier molecular flexibility index (Phi) is 4.12. The van der Waals surface area contributed by atoms with Gasteiger partial charge in [0.1, 0.15) is 5.75 Å². The number of nitrogens with two attached hydrogens (primary N) is 1. The third-order valence-electron chi connectivity index (χ3n) is 2.97. The molecule has 4 N–H and O–H groups in total. The van der Waals surface area contributed by atoms with Crippen molar-refractivity contribution in [2.24, 2.45) is 5.73 Å². The van der Waals surface area contributed by atoms with Gasteiger partial charge in [-0.2, -0.15) is 0 Å². The van der Waals surface area contributed by atoms with Crippen LogP contribution >= 0.6 is 0 Å². The van der Waals surface area contributed by atoms with Crippen LogP contribution in [0.15, 0.2) is 18.2 Å². The van der Waals surface area contributed by atoms with E-state index in [-0.39, 0.29) is 11.7 Å². The van der Waals surface area contributed by atoms with Crippen molar-refractivity contribution in [1.29, 1.82) is 0 Å². The first kappa shape index (κ1) is 13.5. The maximum Gasteiger partial charge on any atom is 0.244 e.